The number of anilines is 1. The lowest BCUT2D eigenvalue weighted by atomic mass is 9.71. The number of nitrogens with one attached hydrogen (secondary N) is 1. The van der Waals surface area contributed by atoms with Crippen molar-refractivity contribution in [3.63, 3.8) is 0 Å². The Labute approximate surface area is 120 Å². The van der Waals surface area contributed by atoms with E-state index < -0.39 is 0 Å². The molecule has 1 aromatic rings. The zero-order valence-corrected chi connectivity index (χ0v) is 11.9. The average molecular weight is 276 g/mol. The lowest BCUT2D eigenvalue weighted by Crippen LogP contribution is -2.36. The number of nitrogens with two attached hydrogens (primary N) is 1. The highest BCUT2D eigenvalue weighted by atomic mass is 16.3. The van der Waals surface area contributed by atoms with Crippen LogP contribution in [-0.2, 0) is 11.4 Å². The Hall–Kier alpha value is -1.39. The lowest BCUT2D eigenvalue weighted by Gasteiger charge is -2.35. The number of carbonyl (C=O) groups is 1. The van der Waals surface area contributed by atoms with E-state index >= 15 is 0 Å². The number of hydrogen-bond acceptors (Lipinski definition) is 3. The van der Waals surface area contributed by atoms with Crippen molar-refractivity contribution in [2.45, 2.75) is 45.1 Å². The molecule has 4 N–H and O–H groups in total. The van der Waals surface area contributed by atoms with Gasteiger partial charge in [-0.15, -0.1) is 0 Å². The molecular weight excluding hydrogens is 252 g/mol. The predicted octanol–water partition coefficient (Wildman–Crippen LogP) is 2.42. The maximum absolute atomic E-state index is 12.2. The molecule has 0 heterocycles. The van der Waals surface area contributed by atoms with Crippen LogP contribution >= 0.6 is 0 Å². The van der Waals surface area contributed by atoms with Crippen LogP contribution in [0.4, 0.5) is 5.69 Å². The van der Waals surface area contributed by atoms with Crippen LogP contribution in [0.25, 0.3) is 0 Å². The Bertz CT molecular complexity index is 454. The van der Waals surface area contributed by atoms with E-state index in [0.717, 1.165) is 24.1 Å². The van der Waals surface area contributed by atoms with Gasteiger partial charge in [0.2, 0.25) is 5.91 Å². The molecule has 1 fully saturated rings. The van der Waals surface area contributed by atoms with Crippen molar-refractivity contribution in [3.05, 3.63) is 29.8 Å². The number of aliphatic hydroxyl groups is 1. The molecule has 4 heteroatoms. The van der Waals surface area contributed by atoms with Gasteiger partial charge in [0.15, 0.2) is 0 Å². The van der Waals surface area contributed by atoms with Crippen molar-refractivity contribution < 1.29 is 9.90 Å². The number of aliphatic hydroxyl groups excluding tert-OH is 1. The van der Waals surface area contributed by atoms with Crippen LogP contribution in [0.1, 0.15) is 44.1 Å². The summed E-state index contributed by atoms with van der Waals surface area (Å²) in [5.74, 6) is 0.0208. The van der Waals surface area contributed by atoms with Crippen molar-refractivity contribution in [1.82, 2.24) is 0 Å². The fourth-order valence-corrected chi connectivity index (χ4v) is 3.05. The van der Waals surface area contributed by atoms with Gasteiger partial charge in [0.25, 0.3) is 0 Å². The van der Waals surface area contributed by atoms with E-state index in [4.69, 9.17) is 10.8 Å². The van der Waals surface area contributed by atoms with Crippen LogP contribution in [0.2, 0.25) is 0 Å². The molecule has 0 unspecified atom stereocenters. The minimum absolute atomic E-state index is 0.0169. The number of hydrogen-bond donors (Lipinski definition) is 3. The molecule has 4 nitrogen and oxygen atoms in total. The lowest BCUT2D eigenvalue weighted by molar-refractivity contribution is -0.118. The van der Waals surface area contributed by atoms with Crippen molar-refractivity contribution in [2.75, 3.05) is 11.9 Å². The minimum Gasteiger partial charge on any atom is -0.392 e. The second-order valence-corrected chi connectivity index (χ2v) is 5.85. The molecule has 1 aliphatic rings. The second-order valence-electron chi connectivity index (χ2n) is 5.85. The van der Waals surface area contributed by atoms with Gasteiger partial charge in [0, 0.05) is 12.1 Å². The Morgan fingerprint density at radius 1 is 1.30 bits per heavy atom. The maximum Gasteiger partial charge on any atom is 0.224 e. The molecule has 0 saturated heterocycles. The standard InChI is InChI=1S/C16H24N2O2/c17-12-16(7-2-1-3-8-16)10-15(20)18-14-6-4-5-13(9-14)11-19/h4-6,9,19H,1-3,7-8,10-12,17H2,(H,18,20). The highest BCUT2D eigenvalue weighted by Gasteiger charge is 2.32. The molecule has 2 rings (SSSR count). The van der Waals surface area contributed by atoms with Gasteiger partial charge in [-0.25, -0.2) is 0 Å². The van der Waals surface area contributed by atoms with E-state index in [1.165, 1.54) is 19.3 Å². The van der Waals surface area contributed by atoms with Gasteiger partial charge >= 0.3 is 0 Å². The molecule has 0 aromatic heterocycles. The first-order valence-electron chi connectivity index (χ1n) is 7.37. The zero-order valence-electron chi connectivity index (χ0n) is 11.9. The summed E-state index contributed by atoms with van der Waals surface area (Å²) in [5, 5.41) is 12.0. The van der Waals surface area contributed by atoms with Crippen LogP contribution in [0, 0.1) is 5.41 Å². The van der Waals surface area contributed by atoms with Crippen LogP contribution < -0.4 is 11.1 Å². The number of rotatable bonds is 5. The molecule has 1 amide bonds. The van der Waals surface area contributed by atoms with Crippen molar-refractivity contribution in [3.8, 4) is 0 Å². The molecule has 1 saturated carbocycles. The third-order valence-corrected chi connectivity index (χ3v) is 4.28. The molecule has 0 aliphatic heterocycles. The van der Waals surface area contributed by atoms with E-state index in [2.05, 4.69) is 5.32 Å². The molecule has 1 aromatic carbocycles. The summed E-state index contributed by atoms with van der Waals surface area (Å²) in [4.78, 5) is 12.2. The van der Waals surface area contributed by atoms with Crippen molar-refractivity contribution in [1.29, 1.82) is 0 Å². The van der Waals surface area contributed by atoms with Crippen LogP contribution in [-0.4, -0.2) is 17.6 Å². The molecule has 0 bridgehead atoms. The maximum atomic E-state index is 12.2. The predicted molar refractivity (Wildman–Crippen MR) is 80.2 cm³/mol. The fraction of sp³-hybridized carbons (Fsp3) is 0.562. The third-order valence-electron chi connectivity index (χ3n) is 4.28. The van der Waals surface area contributed by atoms with Gasteiger partial charge in [-0.3, -0.25) is 4.79 Å². The number of benzene rings is 1. The molecular formula is C16H24N2O2. The summed E-state index contributed by atoms with van der Waals surface area (Å²) in [7, 11) is 0. The summed E-state index contributed by atoms with van der Waals surface area (Å²) in [6.07, 6.45) is 6.19. The van der Waals surface area contributed by atoms with E-state index in [1.807, 2.05) is 18.2 Å². The summed E-state index contributed by atoms with van der Waals surface area (Å²) in [5.41, 5.74) is 7.44. The van der Waals surface area contributed by atoms with Gasteiger partial charge in [0.05, 0.1) is 6.61 Å². The second kappa shape index (κ2) is 6.86. The zero-order chi connectivity index (χ0) is 14.4. The highest BCUT2D eigenvalue weighted by molar-refractivity contribution is 5.91. The van der Waals surface area contributed by atoms with E-state index in [0.29, 0.717) is 13.0 Å². The topological polar surface area (TPSA) is 75.4 Å². The molecule has 0 radical (unpaired) electrons. The molecule has 20 heavy (non-hydrogen) atoms. The van der Waals surface area contributed by atoms with Crippen molar-refractivity contribution >= 4 is 11.6 Å². The van der Waals surface area contributed by atoms with Gasteiger partial charge in [-0.05, 0) is 42.5 Å². The van der Waals surface area contributed by atoms with Gasteiger partial charge in [-0.1, -0.05) is 31.4 Å². The third kappa shape index (κ3) is 3.81. The average Bonchev–Trinajstić information content (AvgIpc) is 2.48. The fourth-order valence-electron chi connectivity index (χ4n) is 3.05. The summed E-state index contributed by atoms with van der Waals surface area (Å²) in [6, 6.07) is 7.31. The summed E-state index contributed by atoms with van der Waals surface area (Å²) in [6.45, 7) is 0.563. The van der Waals surface area contributed by atoms with E-state index in [9.17, 15) is 4.79 Å². The first-order valence-corrected chi connectivity index (χ1v) is 7.37. The first-order chi connectivity index (χ1) is 9.67. The monoisotopic (exact) mass is 276 g/mol. The van der Waals surface area contributed by atoms with Crippen LogP contribution in [0.5, 0.6) is 0 Å². The Morgan fingerprint density at radius 3 is 2.70 bits per heavy atom. The normalized spacial score (nSPS) is 17.7. The molecule has 110 valence electrons. The van der Waals surface area contributed by atoms with Gasteiger partial charge in [0.1, 0.15) is 0 Å². The molecule has 1 aliphatic carbocycles. The summed E-state index contributed by atoms with van der Waals surface area (Å²) >= 11 is 0. The smallest absolute Gasteiger partial charge is 0.224 e. The quantitative estimate of drug-likeness (QED) is 0.773. The largest absolute Gasteiger partial charge is 0.392 e. The Morgan fingerprint density at radius 2 is 2.05 bits per heavy atom. The highest BCUT2D eigenvalue weighted by Crippen LogP contribution is 2.38. The SMILES string of the molecule is NCC1(CC(=O)Nc2cccc(CO)c2)CCCCC1. The van der Waals surface area contributed by atoms with E-state index in [-0.39, 0.29) is 17.9 Å². The van der Waals surface area contributed by atoms with Crippen LogP contribution in [0.3, 0.4) is 0 Å². The molecule has 0 atom stereocenters. The minimum atomic E-state index is -0.0174. The first kappa shape index (κ1) is 15.0. The van der Waals surface area contributed by atoms with Gasteiger partial charge in [-0.2, -0.15) is 0 Å². The Kier molecular flexibility index (Phi) is 5.15. The van der Waals surface area contributed by atoms with Crippen LogP contribution in [0.15, 0.2) is 24.3 Å². The number of amides is 1. The number of carbonyl (C=O) groups excluding carboxylic acids is 1. The summed E-state index contributed by atoms with van der Waals surface area (Å²) < 4.78 is 0. The van der Waals surface area contributed by atoms with Gasteiger partial charge < -0.3 is 16.2 Å². The Balaban J connectivity index is 1.97. The van der Waals surface area contributed by atoms with Crippen molar-refractivity contribution in [2.24, 2.45) is 11.1 Å². The van der Waals surface area contributed by atoms with E-state index in [1.54, 1.807) is 6.07 Å². The molecule has 0 spiro atoms.